The molecule has 3 heteroatoms. The molecule has 82 valence electrons. The van der Waals surface area contributed by atoms with Gasteiger partial charge in [-0.25, -0.2) is 0 Å². The molecule has 0 bridgehead atoms. The Balaban J connectivity index is 2.56. The van der Waals surface area contributed by atoms with Gasteiger partial charge in [-0.1, -0.05) is 53.2 Å². The van der Waals surface area contributed by atoms with E-state index < -0.39 is 0 Å². The number of nitrogens with zero attached hydrogens (tertiary/aromatic N) is 1. The number of hydrogen-bond acceptors (Lipinski definition) is 1. The van der Waals surface area contributed by atoms with Crippen molar-refractivity contribution in [3.05, 3.63) is 35.9 Å². The Morgan fingerprint density at radius 2 is 2.00 bits per heavy atom. The second kappa shape index (κ2) is 5.91. The minimum Gasteiger partial charge on any atom is -0.340 e. The summed E-state index contributed by atoms with van der Waals surface area (Å²) < 4.78 is 0. The SMILES string of the molecule is CCC(Br)C(=O)N(C)Cc1ccccc1. The maximum atomic E-state index is 11.8. The molecular weight excluding hydrogens is 254 g/mol. The largest absolute Gasteiger partial charge is 0.340 e. The van der Waals surface area contributed by atoms with Crippen molar-refractivity contribution in [2.75, 3.05) is 7.05 Å². The highest BCUT2D eigenvalue weighted by Crippen LogP contribution is 2.10. The second-order valence-electron chi connectivity index (χ2n) is 3.56. The first-order chi connectivity index (χ1) is 7.15. The molecule has 0 saturated heterocycles. The third kappa shape index (κ3) is 3.67. The van der Waals surface area contributed by atoms with Crippen molar-refractivity contribution >= 4 is 21.8 Å². The van der Waals surface area contributed by atoms with Crippen molar-refractivity contribution in [1.29, 1.82) is 0 Å². The molecule has 0 aromatic heterocycles. The molecule has 1 amide bonds. The summed E-state index contributed by atoms with van der Waals surface area (Å²) in [6.45, 7) is 2.66. The van der Waals surface area contributed by atoms with Crippen LogP contribution in [0.2, 0.25) is 0 Å². The normalized spacial score (nSPS) is 12.2. The lowest BCUT2D eigenvalue weighted by molar-refractivity contribution is -0.129. The van der Waals surface area contributed by atoms with E-state index in [4.69, 9.17) is 0 Å². The Morgan fingerprint density at radius 1 is 1.40 bits per heavy atom. The number of hydrogen-bond donors (Lipinski definition) is 0. The molecule has 0 heterocycles. The van der Waals surface area contributed by atoms with Gasteiger partial charge in [0.25, 0.3) is 0 Å². The van der Waals surface area contributed by atoms with Gasteiger partial charge in [-0.3, -0.25) is 4.79 Å². The van der Waals surface area contributed by atoms with Gasteiger partial charge in [0.15, 0.2) is 0 Å². The van der Waals surface area contributed by atoms with Crippen LogP contribution in [-0.2, 0) is 11.3 Å². The van der Waals surface area contributed by atoms with Crippen LogP contribution in [0, 0.1) is 0 Å². The molecule has 0 aliphatic rings. The summed E-state index contributed by atoms with van der Waals surface area (Å²) in [4.78, 5) is 13.4. The Hall–Kier alpha value is -0.830. The van der Waals surface area contributed by atoms with Gasteiger partial charge in [-0.05, 0) is 12.0 Å². The van der Waals surface area contributed by atoms with Gasteiger partial charge in [0.2, 0.25) is 5.91 Å². The number of rotatable bonds is 4. The van der Waals surface area contributed by atoms with E-state index in [9.17, 15) is 4.79 Å². The van der Waals surface area contributed by atoms with E-state index in [2.05, 4.69) is 15.9 Å². The number of carbonyl (C=O) groups excluding carboxylic acids is 1. The summed E-state index contributed by atoms with van der Waals surface area (Å²) in [6, 6.07) is 10.0. The molecule has 0 radical (unpaired) electrons. The minimum atomic E-state index is -0.0637. The van der Waals surface area contributed by atoms with Crippen LogP contribution in [0.4, 0.5) is 0 Å². The summed E-state index contributed by atoms with van der Waals surface area (Å²) in [7, 11) is 1.83. The van der Waals surface area contributed by atoms with E-state index in [0.29, 0.717) is 6.54 Å². The van der Waals surface area contributed by atoms with Gasteiger partial charge in [0.1, 0.15) is 0 Å². The van der Waals surface area contributed by atoms with Gasteiger partial charge in [-0.2, -0.15) is 0 Å². The van der Waals surface area contributed by atoms with Gasteiger partial charge >= 0.3 is 0 Å². The second-order valence-corrected chi connectivity index (χ2v) is 4.66. The molecule has 2 nitrogen and oxygen atoms in total. The maximum Gasteiger partial charge on any atom is 0.236 e. The van der Waals surface area contributed by atoms with Crippen molar-refractivity contribution in [1.82, 2.24) is 4.90 Å². The molecule has 1 rings (SSSR count). The zero-order valence-electron chi connectivity index (χ0n) is 9.11. The fraction of sp³-hybridized carbons (Fsp3) is 0.417. The van der Waals surface area contributed by atoms with Crippen molar-refractivity contribution in [3.63, 3.8) is 0 Å². The van der Waals surface area contributed by atoms with Crippen molar-refractivity contribution < 1.29 is 4.79 Å². The average Bonchev–Trinajstić information content (AvgIpc) is 2.28. The van der Waals surface area contributed by atoms with E-state index >= 15 is 0 Å². The molecule has 0 aliphatic heterocycles. The topological polar surface area (TPSA) is 20.3 Å². The summed E-state index contributed by atoms with van der Waals surface area (Å²) in [5.74, 6) is 0.140. The third-order valence-electron chi connectivity index (χ3n) is 2.27. The van der Waals surface area contributed by atoms with Gasteiger partial charge < -0.3 is 4.90 Å². The monoisotopic (exact) mass is 269 g/mol. The highest BCUT2D eigenvalue weighted by molar-refractivity contribution is 9.10. The molecule has 0 fully saturated rings. The highest BCUT2D eigenvalue weighted by atomic mass is 79.9. The van der Waals surface area contributed by atoms with Crippen molar-refractivity contribution in [3.8, 4) is 0 Å². The van der Waals surface area contributed by atoms with E-state index in [1.54, 1.807) is 4.90 Å². The lowest BCUT2D eigenvalue weighted by Gasteiger charge is -2.19. The number of halogens is 1. The quantitative estimate of drug-likeness (QED) is 0.770. The van der Waals surface area contributed by atoms with E-state index in [1.165, 1.54) is 0 Å². The van der Waals surface area contributed by atoms with E-state index in [0.717, 1.165) is 12.0 Å². The molecule has 0 N–H and O–H groups in total. The molecule has 0 spiro atoms. The fourth-order valence-electron chi connectivity index (χ4n) is 1.35. The zero-order chi connectivity index (χ0) is 11.3. The summed E-state index contributed by atoms with van der Waals surface area (Å²) in [6.07, 6.45) is 0.817. The lowest BCUT2D eigenvalue weighted by Crippen LogP contribution is -2.32. The molecule has 1 aromatic carbocycles. The van der Waals surface area contributed by atoms with Crippen LogP contribution in [0.25, 0.3) is 0 Å². The number of alkyl halides is 1. The Bertz CT molecular complexity index is 313. The first-order valence-corrected chi connectivity index (χ1v) is 5.99. The van der Waals surface area contributed by atoms with Crippen LogP contribution in [0.5, 0.6) is 0 Å². The Kier molecular flexibility index (Phi) is 4.82. The summed E-state index contributed by atoms with van der Waals surface area (Å²) in [5.41, 5.74) is 1.16. The molecular formula is C12H16BrNO. The lowest BCUT2D eigenvalue weighted by atomic mass is 10.2. The maximum absolute atomic E-state index is 11.8. The predicted molar refractivity (Wildman–Crippen MR) is 65.9 cm³/mol. The van der Waals surface area contributed by atoms with Gasteiger partial charge in [0, 0.05) is 13.6 Å². The zero-order valence-corrected chi connectivity index (χ0v) is 10.7. The molecule has 0 aliphatic carbocycles. The smallest absolute Gasteiger partial charge is 0.236 e. The standard InChI is InChI=1S/C12H16BrNO/c1-3-11(13)12(15)14(2)9-10-7-5-4-6-8-10/h4-8,11H,3,9H2,1-2H3. The van der Waals surface area contributed by atoms with Crippen molar-refractivity contribution in [2.45, 2.75) is 24.7 Å². The summed E-state index contributed by atoms with van der Waals surface area (Å²) in [5, 5.41) is 0. The van der Waals surface area contributed by atoms with Crippen LogP contribution in [0.1, 0.15) is 18.9 Å². The fourth-order valence-corrected chi connectivity index (χ4v) is 1.70. The van der Waals surface area contributed by atoms with Crippen LogP contribution in [0.15, 0.2) is 30.3 Å². The first kappa shape index (κ1) is 12.2. The predicted octanol–water partition coefficient (Wildman–Crippen LogP) is 2.82. The number of benzene rings is 1. The highest BCUT2D eigenvalue weighted by Gasteiger charge is 2.16. The van der Waals surface area contributed by atoms with Crippen LogP contribution in [0.3, 0.4) is 0 Å². The van der Waals surface area contributed by atoms with Gasteiger partial charge in [0.05, 0.1) is 4.83 Å². The van der Waals surface area contributed by atoms with Gasteiger partial charge in [-0.15, -0.1) is 0 Å². The Labute approximate surface area is 99.4 Å². The third-order valence-corrected chi connectivity index (χ3v) is 3.30. The molecule has 1 unspecified atom stereocenters. The van der Waals surface area contributed by atoms with Crippen LogP contribution in [-0.4, -0.2) is 22.7 Å². The molecule has 0 saturated carbocycles. The average molecular weight is 270 g/mol. The van der Waals surface area contributed by atoms with Crippen LogP contribution < -0.4 is 0 Å². The number of carbonyl (C=O) groups is 1. The Morgan fingerprint density at radius 3 is 2.53 bits per heavy atom. The molecule has 1 atom stereocenters. The molecule has 1 aromatic rings. The molecule has 15 heavy (non-hydrogen) atoms. The number of amides is 1. The first-order valence-electron chi connectivity index (χ1n) is 5.08. The van der Waals surface area contributed by atoms with Crippen LogP contribution >= 0.6 is 15.9 Å². The van der Waals surface area contributed by atoms with E-state index in [-0.39, 0.29) is 10.7 Å². The van der Waals surface area contributed by atoms with E-state index in [1.807, 2.05) is 44.3 Å². The minimum absolute atomic E-state index is 0.0637. The summed E-state index contributed by atoms with van der Waals surface area (Å²) >= 11 is 3.36. The van der Waals surface area contributed by atoms with Crippen molar-refractivity contribution in [2.24, 2.45) is 0 Å².